The number of carbonyl (C=O) groups is 1. The molecule has 0 spiro atoms. The van der Waals surface area contributed by atoms with E-state index in [1.54, 1.807) is 17.9 Å². The van der Waals surface area contributed by atoms with E-state index in [9.17, 15) is 9.90 Å². The highest BCUT2D eigenvalue weighted by atomic mass is 79.9. The summed E-state index contributed by atoms with van der Waals surface area (Å²) in [5, 5.41) is 17.3. The number of nitrogens with zero attached hydrogens (tertiary/aromatic N) is 3. The molecule has 1 aromatic carbocycles. The number of benzene rings is 1. The molecule has 0 atom stereocenters. The SMILES string of the molecule is Cn1ncc2c(Nc3ccc(Br)cc3)c(C(=O)O)cnc21. The second kappa shape index (κ2) is 5.17. The molecule has 0 radical (unpaired) electrons. The second-order valence-electron chi connectivity index (χ2n) is 4.49. The Kier molecular flexibility index (Phi) is 3.34. The van der Waals surface area contributed by atoms with Crippen molar-refractivity contribution >= 4 is 44.3 Å². The maximum absolute atomic E-state index is 11.4. The van der Waals surface area contributed by atoms with Crippen LogP contribution in [0.15, 0.2) is 41.1 Å². The lowest BCUT2D eigenvalue weighted by Crippen LogP contribution is -2.05. The van der Waals surface area contributed by atoms with Crippen LogP contribution in [0.3, 0.4) is 0 Å². The molecule has 0 amide bonds. The molecule has 0 unspecified atom stereocenters. The zero-order valence-electron chi connectivity index (χ0n) is 11.0. The fourth-order valence-electron chi connectivity index (χ4n) is 2.07. The summed E-state index contributed by atoms with van der Waals surface area (Å²) in [6.45, 7) is 0. The first-order chi connectivity index (χ1) is 10.1. The van der Waals surface area contributed by atoms with Crippen molar-refractivity contribution in [2.75, 3.05) is 5.32 Å². The topological polar surface area (TPSA) is 80.0 Å². The van der Waals surface area contributed by atoms with Gasteiger partial charge in [0.2, 0.25) is 0 Å². The first kappa shape index (κ1) is 13.6. The van der Waals surface area contributed by atoms with Crippen molar-refractivity contribution in [3.63, 3.8) is 0 Å². The number of fused-ring (bicyclic) bond motifs is 1. The molecule has 0 bridgehead atoms. The third-order valence-electron chi connectivity index (χ3n) is 3.11. The molecule has 3 rings (SSSR count). The van der Waals surface area contributed by atoms with Crippen LogP contribution in [-0.4, -0.2) is 25.8 Å². The minimum atomic E-state index is -1.03. The van der Waals surface area contributed by atoms with Gasteiger partial charge in [0, 0.05) is 23.4 Å². The molecule has 2 N–H and O–H groups in total. The van der Waals surface area contributed by atoms with Gasteiger partial charge in [-0.15, -0.1) is 0 Å². The fourth-order valence-corrected chi connectivity index (χ4v) is 2.33. The van der Waals surface area contributed by atoms with Gasteiger partial charge in [0.05, 0.1) is 17.3 Å². The van der Waals surface area contributed by atoms with Crippen molar-refractivity contribution in [1.29, 1.82) is 0 Å². The van der Waals surface area contributed by atoms with Crippen LogP contribution in [0, 0.1) is 0 Å². The molecule has 6 nitrogen and oxygen atoms in total. The number of hydrogen-bond donors (Lipinski definition) is 2. The molecule has 0 saturated heterocycles. The van der Waals surface area contributed by atoms with Gasteiger partial charge in [0.15, 0.2) is 5.65 Å². The van der Waals surface area contributed by atoms with Gasteiger partial charge >= 0.3 is 5.97 Å². The smallest absolute Gasteiger partial charge is 0.339 e. The van der Waals surface area contributed by atoms with Crippen LogP contribution < -0.4 is 5.32 Å². The standard InChI is InChI=1S/C14H11BrN4O2/c1-19-13-10(7-17-19)12(11(6-16-13)14(20)21)18-9-4-2-8(15)3-5-9/h2-7H,1H3,(H,16,18)(H,20,21). The van der Waals surface area contributed by atoms with E-state index >= 15 is 0 Å². The normalized spacial score (nSPS) is 10.8. The zero-order chi connectivity index (χ0) is 15.0. The number of nitrogens with one attached hydrogen (secondary N) is 1. The fraction of sp³-hybridized carbons (Fsp3) is 0.0714. The first-order valence-corrected chi connectivity index (χ1v) is 6.92. The number of carboxylic acid groups (broad SMARTS) is 1. The number of aromatic carboxylic acids is 1. The molecule has 21 heavy (non-hydrogen) atoms. The van der Waals surface area contributed by atoms with Gasteiger partial charge in [0.1, 0.15) is 5.56 Å². The van der Waals surface area contributed by atoms with Crippen molar-refractivity contribution in [2.45, 2.75) is 0 Å². The van der Waals surface area contributed by atoms with Crippen LogP contribution in [0.4, 0.5) is 11.4 Å². The molecular formula is C14H11BrN4O2. The van der Waals surface area contributed by atoms with E-state index in [4.69, 9.17) is 0 Å². The maximum Gasteiger partial charge on any atom is 0.339 e. The molecule has 7 heteroatoms. The number of aromatic nitrogens is 3. The number of carboxylic acids is 1. The monoisotopic (exact) mass is 346 g/mol. The highest BCUT2D eigenvalue weighted by Gasteiger charge is 2.17. The third kappa shape index (κ3) is 2.47. The summed E-state index contributed by atoms with van der Waals surface area (Å²) in [6.07, 6.45) is 2.95. The summed E-state index contributed by atoms with van der Waals surface area (Å²) in [4.78, 5) is 15.6. The average Bonchev–Trinajstić information content (AvgIpc) is 2.83. The van der Waals surface area contributed by atoms with E-state index < -0.39 is 5.97 Å². The van der Waals surface area contributed by atoms with E-state index in [-0.39, 0.29) is 5.56 Å². The molecule has 3 aromatic rings. The maximum atomic E-state index is 11.4. The summed E-state index contributed by atoms with van der Waals surface area (Å²) in [5.74, 6) is -1.03. The molecule has 0 aliphatic rings. The summed E-state index contributed by atoms with van der Waals surface area (Å²) >= 11 is 3.37. The Bertz CT molecular complexity index is 827. The summed E-state index contributed by atoms with van der Waals surface area (Å²) in [7, 11) is 1.76. The zero-order valence-corrected chi connectivity index (χ0v) is 12.6. The Labute approximate surface area is 128 Å². The molecule has 0 aliphatic heterocycles. The van der Waals surface area contributed by atoms with Crippen LogP contribution >= 0.6 is 15.9 Å². The lowest BCUT2D eigenvalue weighted by Gasteiger charge is -2.10. The number of pyridine rings is 1. The van der Waals surface area contributed by atoms with Gasteiger partial charge in [-0.25, -0.2) is 9.78 Å². The first-order valence-electron chi connectivity index (χ1n) is 6.13. The molecule has 0 aliphatic carbocycles. The Hall–Kier alpha value is -2.41. The van der Waals surface area contributed by atoms with Gasteiger partial charge in [0.25, 0.3) is 0 Å². The molecule has 0 fully saturated rings. The van der Waals surface area contributed by atoms with Crippen molar-refractivity contribution in [2.24, 2.45) is 7.05 Å². The number of anilines is 2. The van der Waals surface area contributed by atoms with E-state index in [1.165, 1.54) is 6.20 Å². The van der Waals surface area contributed by atoms with Crippen molar-refractivity contribution in [3.05, 3.63) is 46.7 Å². The average molecular weight is 347 g/mol. The second-order valence-corrected chi connectivity index (χ2v) is 5.41. The summed E-state index contributed by atoms with van der Waals surface area (Å²) < 4.78 is 2.56. The number of halogens is 1. The predicted molar refractivity (Wildman–Crippen MR) is 82.9 cm³/mol. The van der Waals surface area contributed by atoms with Crippen LogP contribution in [0.1, 0.15) is 10.4 Å². The Balaban J connectivity index is 2.16. The van der Waals surface area contributed by atoms with Crippen molar-refractivity contribution in [3.8, 4) is 0 Å². The largest absolute Gasteiger partial charge is 0.478 e. The van der Waals surface area contributed by atoms with E-state index in [1.807, 2.05) is 24.3 Å². The Morgan fingerprint density at radius 1 is 1.29 bits per heavy atom. The van der Waals surface area contributed by atoms with Crippen molar-refractivity contribution < 1.29 is 9.90 Å². The molecular weight excluding hydrogens is 336 g/mol. The van der Waals surface area contributed by atoms with Crippen LogP contribution in [-0.2, 0) is 7.05 Å². The predicted octanol–water partition coefficient (Wildman–Crippen LogP) is 3.17. The molecule has 0 saturated carbocycles. The van der Waals surface area contributed by atoms with Crippen molar-refractivity contribution in [1.82, 2.24) is 14.8 Å². The molecule has 2 heterocycles. The van der Waals surface area contributed by atoms with Crippen LogP contribution in [0.2, 0.25) is 0 Å². The third-order valence-corrected chi connectivity index (χ3v) is 3.63. The number of hydrogen-bond acceptors (Lipinski definition) is 4. The van der Waals surface area contributed by atoms with Crippen LogP contribution in [0.25, 0.3) is 11.0 Å². The van der Waals surface area contributed by atoms with E-state index in [0.29, 0.717) is 16.7 Å². The highest BCUT2D eigenvalue weighted by molar-refractivity contribution is 9.10. The van der Waals surface area contributed by atoms with Gasteiger partial charge in [-0.2, -0.15) is 5.10 Å². The van der Waals surface area contributed by atoms with Gasteiger partial charge in [-0.3, -0.25) is 4.68 Å². The lowest BCUT2D eigenvalue weighted by atomic mass is 10.1. The lowest BCUT2D eigenvalue weighted by molar-refractivity contribution is 0.0697. The van der Waals surface area contributed by atoms with Crippen LogP contribution in [0.5, 0.6) is 0 Å². The molecule has 106 valence electrons. The Morgan fingerprint density at radius 3 is 2.67 bits per heavy atom. The van der Waals surface area contributed by atoms with Gasteiger partial charge < -0.3 is 10.4 Å². The van der Waals surface area contributed by atoms with E-state index in [2.05, 4.69) is 31.3 Å². The summed E-state index contributed by atoms with van der Waals surface area (Å²) in [6, 6.07) is 7.48. The number of aryl methyl sites for hydroxylation is 1. The quantitative estimate of drug-likeness (QED) is 0.761. The minimum absolute atomic E-state index is 0.110. The van der Waals surface area contributed by atoms with Gasteiger partial charge in [-0.05, 0) is 24.3 Å². The number of rotatable bonds is 3. The molecule has 2 aromatic heterocycles. The van der Waals surface area contributed by atoms with Gasteiger partial charge in [-0.1, -0.05) is 15.9 Å². The highest BCUT2D eigenvalue weighted by Crippen LogP contribution is 2.29. The van der Waals surface area contributed by atoms with E-state index in [0.717, 1.165) is 10.2 Å². The summed E-state index contributed by atoms with van der Waals surface area (Å²) in [5.41, 5.74) is 2.01. The minimum Gasteiger partial charge on any atom is -0.478 e. The Morgan fingerprint density at radius 2 is 2.00 bits per heavy atom.